The zero-order valence-corrected chi connectivity index (χ0v) is 55.3. The molecular weight excluding hydrogens is 1260 g/mol. The topological polar surface area (TPSA) is 462 Å². The van der Waals surface area contributed by atoms with E-state index in [2.05, 4.69) is 31.9 Å². The predicted octanol–water partition coefficient (Wildman–Crippen LogP) is 1.13. The third-order valence-electron chi connectivity index (χ3n) is 18.9. The Morgan fingerprint density at radius 3 is 1.92 bits per heavy atom. The van der Waals surface area contributed by atoms with Crippen LogP contribution in [0, 0.1) is 22.7 Å². The number of carbonyl (C=O) groups excluding carboxylic acids is 12. The second-order valence-electron chi connectivity index (χ2n) is 26.0. The van der Waals surface area contributed by atoms with Gasteiger partial charge in [-0.05, 0) is 88.3 Å². The van der Waals surface area contributed by atoms with Crippen molar-refractivity contribution in [2.75, 3.05) is 19.7 Å². The predicted molar refractivity (Wildman–Crippen MR) is 344 cm³/mol. The van der Waals surface area contributed by atoms with E-state index in [0.29, 0.717) is 24.8 Å². The maximum absolute atomic E-state index is 16.1. The molecule has 7 rings (SSSR count). The highest BCUT2D eigenvalue weighted by molar-refractivity contribution is 6.02. The number of fused-ring (bicyclic) bond motifs is 5. The van der Waals surface area contributed by atoms with Crippen LogP contribution in [0.4, 0.5) is 4.79 Å². The third kappa shape index (κ3) is 17.2. The first-order valence-electron chi connectivity index (χ1n) is 32.3. The number of benzene rings is 3. The summed E-state index contributed by atoms with van der Waals surface area (Å²) in [4.78, 5) is 162. The van der Waals surface area contributed by atoms with Crippen molar-refractivity contribution in [3.05, 3.63) is 119 Å². The minimum absolute atomic E-state index is 0.00667. The minimum Gasteiger partial charge on any atom is -0.460 e. The van der Waals surface area contributed by atoms with Crippen molar-refractivity contribution < 1.29 is 96.5 Å². The number of amides is 8. The van der Waals surface area contributed by atoms with Crippen molar-refractivity contribution in [1.29, 1.82) is 0 Å². The van der Waals surface area contributed by atoms with Crippen molar-refractivity contribution in [3.63, 3.8) is 0 Å². The summed E-state index contributed by atoms with van der Waals surface area (Å²) in [5.41, 5.74) is 8.30. The fourth-order valence-corrected chi connectivity index (χ4v) is 13.4. The SMILES string of the molecule is CC(=O)O[C@@]12CO[C@@H]1C[C@H](O)[C@@]1(C)C(=O)C(OC(=O)NCCCCCC(=O)NCCCCC(NC(=O)C(CC(N)=O)NC(=O)C(C)NC(=O)C(C)N)C(N)=O)=C3C(C)[C@@H](OC(=O)[C@H](O)[C@@H](NC(=O)c4ccccc4)c4ccccc4)C[C@@](O)([C@@H](OC(=O)c4ccccc4)[C@H]21)C3(C)C. The van der Waals surface area contributed by atoms with E-state index in [4.69, 9.17) is 40.9 Å². The van der Waals surface area contributed by atoms with Crippen LogP contribution in [0.3, 0.4) is 0 Å². The van der Waals surface area contributed by atoms with E-state index >= 15 is 4.79 Å². The summed E-state index contributed by atoms with van der Waals surface area (Å²) in [6.45, 7) is 9.45. The Balaban J connectivity index is 1.07. The number of ketones is 1. The number of alkyl carbamates (subject to hydrolysis) is 1. The smallest absolute Gasteiger partial charge is 0.412 e. The number of hydrogen-bond donors (Lipinski definition) is 12. The van der Waals surface area contributed by atoms with E-state index < -0.39 is 185 Å². The van der Waals surface area contributed by atoms with Crippen LogP contribution >= 0.6 is 0 Å². The van der Waals surface area contributed by atoms with Crippen molar-refractivity contribution in [2.24, 2.45) is 39.9 Å². The second kappa shape index (κ2) is 32.3. The highest BCUT2D eigenvalue weighted by Crippen LogP contribution is 2.65. The molecular formula is C68H89N9O20. The number of primary amides is 2. The molecule has 3 fully saturated rings. The van der Waals surface area contributed by atoms with E-state index in [-0.39, 0.29) is 67.8 Å². The lowest BCUT2D eigenvalue weighted by Crippen LogP contribution is -2.81. The maximum atomic E-state index is 16.1. The summed E-state index contributed by atoms with van der Waals surface area (Å²) < 4.78 is 31.0. The number of Topliss-reactive ketones (excluding diaryl/α,β-unsaturated/α-hetero) is 1. The average Bonchev–Trinajstić information content (AvgIpc) is 0.670. The van der Waals surface area contributed by atoms with Crippen LogP contribution in [0.25, 0.3) is 0 Å². The molecule has 5 unspecified atom stereocenters. The Morgan fingerprint density at radius 2 is 1.33 bits per heavy atom. The zero-order valence-electron chi connectivity index (χ0n) is 55.3. The van der Waals surface area contributed by atoms with E-state index in [1.165, 1.54) is 65.8 Å². The number of nitrogens with two attached hydrogens (primary N) is 3. The summed E-state index contributed by atoms with van der Waals surface area (Å²) in [5, 5.41) is 53.8. The summed E-state index contributed by atoms with van der Waals surface area (Å²) in [6.07, 6.45) is -9.49. The Morgan fingerprint density at radius 1 is 0.732 bits per heavy atom. The standard InChI is InChI=1S/C68H89N9O20/c1-36-45(94-63(90)52(82)51(40-22-12-8-13-23-40)77-60(87)41-24-14-9-15-25-41)34-68(92)56(96-62(89)42-26-16-10-17-27-42)54-66(7,46(79)33-47-67(54,35-93-47)97-39(4)78)55(83)53(50(36)65(68,5)6)95-64(91)73-31-20-11-18-29-49(81)72-30-21-19-28-43(57(71)84)75-61(88)44(32-48(70)80)76-59(86)38(3)74-58(85)37(2)69/h8-10,12-17,22-27,36-38,43-47,51-52,54,56,79,82,92H,11,18-21,28-35,69H2,1-7H3,(H2,70,80)(H2,71,84)(H,72,81)(H,73,91)(H,74,85)(H,75,88)(H,76,86)(H,77,87)/t36?,37?,38?,43?,44?,45-,46-,47+,51-,52+,54-,56-,66+,67-,68+/m0/s1. The first kappa shape index (κ1) is 75.2. The Kier molecular flexibility index (Phi) is 25.0. The number of aliphatic hydroxyl groups is 3. The average molecular weight is 1350 g/mol. The third-order valence-corrected chi connectivity index (χ3v) is 18.9. The maximum Gasteiger partial charge on any atom is 0.412 e. The molecule has 2 bridgehead atoms. The quantitative estimate of drug-likeness (QED) is 0.0253. The lowest BCUT2D eigenvalue weighted by atomic mass is 9.45. The fourth-order valence-electron chi connectivity index (χ4n) is 13.4. The molecule has 8 amide bonds. The van der Waals surface area contributed by atoms with E-state index in [0.717, 1.165) is 6.92 Å². The Labute approximate surface area is 560 Å². The van der Waals surface area contributed by atoms with Crippen LogP contribution in [-0.2, 0) is 66.8 Å². The van der Waals surface area contributed by atoms with Gasteiger partial charge in [-0.3, -0.25) is 43.2 Å². The number of ether oxygens (including phenoxy) is 5. The van der Waals surface area contributed by atoms with Crippen LogP contribution in [0.1, 0.15) is 145 Å². The van der Waals surface area contributed by atoms with Gasteiger partial charge in [-0.2, -0.15) is 0 Å². The zero-order chi connectivity index (χ0) is 71.3. The normalized spacial score (nSPS) is 25.6. The minimum atomic E-state index is -2.54. The first-order valence-corrected chi connectivity index (χ1v) is 32.3. The van der Waals surface area contributed by atoms with Gasteiger partial charge in [-0.15, -0.1) is 0 Å². The molecule has 15 atom stereocenters. The number of allylic oxidation sites excluding steroid dienone is 1. The molecule has 526 valence electrons. The molecule has 0 aromatic heterocycles. The lowest BCUT2D eigenvalue weighted by Gasteiger charge is -2.67. The van der Waals surface area contributed by atoms with Gasteiger partial charge in [-0.1, -0.05) is 93.9 Å². The molecule has 1 aliphatic heterocycles. The van der Waals surface area contributed by atoms with Gasteiger partial charge in [0.2, 0.25) is 41.2 Å². The van der Waals surface area contributed by atoms with Crippen molar-refractivity contribution in [2.45, 2.75) is 185 Å². The lowest BCUT2D eigenvalue weighted by molar-refractivity contribution is -0.345. The highest BCUT2D eigenvalue weighted by atomic mass is 16.6. The fraction of sp³-hybridized carbons (Fsp3) is 0.529. The molecule has 29 nitrogen and oxygen atoms in total. The van der Waals surface area contributed by atoms with E-state index in [1.807, 2.05) is 0 Å². The molecule has 29 heteroatoms. The van der Waals surface area contributed by atoms with E-state index in [9.17, 15) is 68.1 Å². The number of aliphatic hydroxyl groups excluding tert-OH is 2. The van der Waals surface area contributed by atoms with Gasteiger partial charge in [0, 0.05) is 56.2 Å². The number of esters is 3. The summed E-state index contributed by atoms with van der Waals surface area (Å²) in [7, 11) is 0. The summed E-state index contributed by atoms with van der Waals surface area (Å²) in [6, 6.07) is 17.6. The number of carbonyl (C=O) groups is 12. The Hall–Kier alpha value is -9.16. The van der Waals surface area contributed by atoms with Crippen LogP contribution < -0.4 is 49.1 Å². The van der Waals surface area contributed by atoms with Gasteiger partial charge in [0.05, 0.1) is 48.1 Å². The molecule has 0 spiro atoms. The summed E-state index contributed by atoms with van der Waals surface area (Å²) >= 11 is 0. The molecule has 1 saturated heterocycles. The highest BCUT2D eigenvalue weighted by Gasteiger charge is 2.78. The molecule has 0 radical (unpaired) electrons. The van der Waals surface area contributed by atoms with Gasteiger partial charge >= 0.3 is 24.0 Å². The van der Waals surface area contributed by atoms with Gasteiger partial charge in [0.15, 0.2) is 17.5 Å². The van der Waals surface area contributed by atoms with Crippen molar-refractivity contribution >= 4 is 71.1 Å². The van der Waals surface area contributed by atoms with Gasteiger partial charge < -0.3 is 88.1 Å². The number of rotatable bonds is 30. The van der Waals surface area contributed by atoms with Gasteiger partial charge in [0.1, 0.15) is 42.0 Å². The van der Waals surface area contributed by atoms with Gasteiger partial charge in [0.25, 0.3) is 5.91 Å². The number of hydrogen-bond acceptors (Lipinski definition) is 21. The first-order chi connectivity index (χ1) is 45.8. The molecule has 97 heavy (non-hydrogen) atoms. The largest absolute Gasteiger partial charge is 0.460 e. The van der Waals surface area contributed by atoms with Crippen molar-refractivity contribution in [3.8, 4) is 0 Å². The summed E-state index contributed by atoms with van der Waals surface area (Å²) in [5.74, 6) is -13.0. The Bertz CT molecular complexity index is 3450. The molecule has 1 heterocycles. The molecule has 3 aromatic carbocycles. The second-order valence-corrected chi connectivity index (χ2v) is 26.0. The van der Waals surface area contributed by atoms with Crippen molar-refractivity contribution in [1.82, 2.24) is 31.9 Å². The van der Waals surface area contributed by atoms with Crippen LogP contribution in [0.5, 0.6) is 0 Å². The monoisotopic (exact) mass is 1350 g/mol. The molecule has 3 aliphatic carbocycles. The molecule has 4 aliphatic rings. The van der Waals surface area contributed by atoms with Crippen LogP contribution in [0.15, 0.2) is 102 Å². The number of nitrogens with one attached hydrogen (secondary N) is 6. The van der Waals surface area contributed by atoms with Gasteiger partial charge in [-0.25, -0.2) is 14.4 Å². The van der Waals surface area contributed by atoms with Crippen LogP contribution in [-0.4, -0.2) is 172 Å². The van der Waals surface area contributed by atoms with E-state index in [1.54, 1.807) is 66.7 Å². The molecule has 3 aromatic rings. The molecule has 15 N–H and O–H groups in total. The van der Waals surface area contributed by atoms with Crippen LogP contribution in [0.2, 0.25) is 0 Å². The number of unbranched alkanes of at least 4 members (excludes halogenated alkanes) is 3. The molecule has 2 saturated carbocycles.